The lowest BCUT2D eigenvalue weighted by Crippen LogP contribution is -2.38. The quantitative estimate of drug-likeness (QED) is 0.809. The van der Waals surface area contributed by atoms with Crippen molar-refractivity contribution < 1.29 is 0 Å². The number of nitrogens with zero attached hydrogens (tertiary/aromatic N) is 5. The van der Waals surface area contributed by atoms with Crippen LogP contribution in [-0.4, -0.2) is 38.1 Å². The van der Waals surface area contributed by atoms with Gasteiger partial charge in [-0.05, 0) is 35.4 Å². The molecule has 1 aromatic heterocycles. The van der Waals surface area contributed by atoms with E-state index in [4.69, 9.17) is 0 Å². The molecule has 2 aromatic rings. The van der Waals surface area contributed by atoms with Crippen molar-refractivity contribution in [3.8, 4) is 5.69 Å². The molecule has 1 saturated heterocycles. The second-order valence-corrected chi connectivity index (χ2v) is 5.72. The van der Waals surface area contributed by atoms with Crippen LogP contribution in [0.1, 0.15) is 25.7 Å². The number of hydrogen-bond acceptors (Lipinski definition) is 4. The van der Waals surface area contributed by atoms with E-state index in [1.165, 1.54) is 25.7 Å². The Morgan fingerprint density at radius 2 is 2.00 bits per heavy atom. The van der Waals surface area contributed by atoms with Crippen LogP contribution in [0.15, 0.2) is 30.3 Å². The van der Waals surface area contributed by atoms with E-state index in [2.05, 4.69) is 36.4 Å². The molecule has 1 aliphatic heterocycles. The number of alkyl halides is 1. The van der Waals surface area contributed by atoms with Gasteiger partial charge >= 0.3 is 0 Å². The van der Waals surface area contributed by atoms with Gasteiger partial charge in [-0.25, -0.2) is 0 Å². The van der Waals surface area contributed by atoms with Crippen LogP contribution >= 0.6 is 15.9 Å². The van der Waals surface area contributed by atoms with Crippen molar-refractivity contribution in [2.75, 3.05) is 16.8 Å². The minimum absolute atomic E-state index is 0.464. The molecule has 0 N–H and O–H groups in total. The Hall–Kier alpha value is -1.43. The van der Waals surface area contributed by atoms with Gasteiger partial charge in [0, 0.05) is 17.9 Å². The molecule has 2 heterocycles. The van der Waals surface area contributed by atoms with Crippen LogP contribution in [0.5, 0.6) is 0 Å². The fourth-order valence-corrected chi connectivity index (χ4v) is 3.37. The van der Waals surface area contributed by atoms with E-state index in [0.29, 0.717) is 6.04 Å². The van der Waals surface area contributed by atoms with E-state index in [-0.39, 0.29) is 0 Å². The zero-order valence-electron chi connectivity index (χ0n) is 11.3. The van der Waals surface area contributed by atoms with Gasteiger partial charge in [0.05, 0.1) is 5.69 Å². The first-order chi connectivity index (χ1) is 9.90. The van der Waals surface area contributed by atoms with Crippen LogP contribution in [-0.2, 0) is 0 Å². The summed E-state index contributed by atoms with van der Waals surface area (Å²) in [7, 11) is 0. The van der Waals surface area contributed by atoms with Gasteiger partial charge in [-0.3, -0.25) is 0 Å². The molecule has 20 heavy (non-hydrogen) atoms. The lowest BCUT2D eigenvalue weighted by molar-refractivity contribution is 0.608. The number of tetrazole rings is 1. The molecule has 3 rings (SSSR count). The molecule has 0 radical (unpaired) electrons. The highest BCUT2D eigenvalue weighted by molar-refractivity contribution is 9.09. The molecule has 0 aliphatic carbocycles. The van der Waals surface area contributed by atoms with E-state index >= 15 is 0 Å². The Kier molecular flexibility index (Phi) is 4.30. The van der Waals surface area contributed by atoms with Crippen LogP contribution in [0.4, 0.5) is 5.95 Å². The second kappa shape index (κ2) is 6.35. The minimum atomic E-state index is 0.464. The number of anilines is 1. The van der Waals surface area contributed by atoms with Crippen molar-refractivity contribution >= 4 is 21.9 Å². The van der Waals surface area contributed by atoms with Gasteiger partial charge < -0.3 is 4.90 Å². The lowest BCUT2D eigenvalue weighted by Gasteiger charge is -2.28. The smallest absolute Gasteiger partial charge is 0.250 e. The summed E-state index contributed by atoms with van der Waals surface area (Å²) in [5.74, 6) is 0.850. The fourth-order valence-electron chi connectivity index (χ4n) is 2.70. The maximum Gasteiger partial charge on any atom is 0.250 e. The van der Waals surface area contributed by atoms with Gasteiger partial charge in [0.2, 0.25) is 0 Å². The second-order valence-electron chi connectivity index (χ2n) is 5.08. The van der Waals surface area contributed by atoms with Gasteiger partial charge in [0.25, 0.3) is 5.95 Å². The first-order valence-corrected chi connectivity index (χ1v) is 8.18. The summed E-state index contributed by atoms with van der Waals surface area (Å²) >= 11 is 3.63. The third kappa shape index (κ3) is 2.70. The lowest BCUT2D eigenvalue weighted by atomic mass is 10.1. The van der Waals surface area contributed by atoms with Gasteiger partial charge in [-0.15, -0.1) is 0 Å². The Morgan fingerprint density at radius 3 is 2.80 bits per heavy atom. The molecule has 1 atom stereocenters. The van der Waals surface area contributed by atoms with Crippen molar-refractivity contribution in [3.05, 3.63) is 30.3 Å². The first kappa shape index (κ1) is 13.5. The highest BCUT2D eigenvalue weighted by Gasteiger charge is 2.25. The van der Waals surface area contributed by atoms with Gasteiger partial charge in [-0.2, -0.15) is 4.68 Å². The van der Waals surface area contributed by atoms with Crippen LogP contribution in [0, 0.1) is 0 Å². The van der Waals surface area contributed by atoms with Crippen molar-refractivity contribution in [3.63, 3.8) is 0 Å². The summed E-state index contributed by atoms with van der Waals surface area (Å²) in [6.07, 6.45) is 4.95. The van der Waals surface area contributed by atoms with Crippen molar-refractivity contribution in [2.45, 2.75) is 31.7 Å². The van der Waals surface area contributed by atoms with Gasteiger partial charge in [-0.1, -0.05) is 52.1 Å². The van der Waals surface area contributed by atoms with E-state index in [9.17, 15) is 0 Å². The van der Waals surface area contributed by atoms with E-state index in [0.717, 1.165) is 23.5 Å². The maximum absolute atomic E-state index is 4.26. The Labute approximate surface area is 127 Å². The molecule has 1 fully saturated rings. The predicted molar refractivity (Wildman–Crippen MR) is 82.6 cm³/mol. The zero-order chi connectivity index (χ0) is 13.8. The molecular weight excluding hydrogens is 318 g/mol. The van der Waals surface area contributed by atoms with Crippen molar-refractivity contribution in [1.29, 1.82) is 0 Å². The average Bonchev–Trinajstić information content (AvgIpc) is 2.86. The standard InChI is InChI=1S/C14H18BrN5/c15-11-13-9-5-2-6-10-19(13)14-16-17-18-20(14)12-7-3-1-4-8-12/h1,3-4,7-8,13H,2,5-6,9-11H2. The highest BCUT2D eigenvalue weighted by Crippen LogP contribution is 2.24. The molecule has 0 saturated carbocycles. The monoisotopic (exact) mass is 335 g/mol. The number of hydrogen-bond donors (Lipinski definition) is 0. The van der Waals surface area contributed by atoms with E-state index < -0.39 is 0 Å². The van der Waals surface area contributed by atoms with Crippen LogP contribution in [0.2, 0.25) is 0 Å². The minimum Gasteiger partial charge on any atom is -0.336 e. The molecule has 0 spiro atoms. The van der Waals surface area contributed by atoms with Gasteiger partial charge in [0.15, 0.2) is 0 Å². The first-order valence-electron chi connectivity index (χ1n) is 7.06. The number of rotatable bonds is 3. The Balaban J connectivity index is 1.95. The molecule has 1 aliphatic rings. The van der Waals surface area contributed by atoms with Crippen molar-refractivity contribution in [1.82, 2.24) is 20.2 Å². The molecule has 0 bridgehead atoms. The SMILES string of the molecule is BrCC1CCCCCN1c1nnnn1-c1ccccc1. The number of para-hydroxylation sites is 1. The molecule has 106 valence electrons. The molecule has 1 aromatic carbocycles. The normalized spacial score (nSPS) is 19.9. The topological polar surface area (TPSA) is 46.8 Å². The molecular formula is C14H18BrN5. The number of halogens is 1. The van der Waals surface area contributed by atoms with Crippen LogP contribution in [0.3, 0.4) is 0 Å². The highest BCUT2D eigenvalue weighted by atomic mass is 79.9. The van der Waals surface area contributed by atoms with Crippen LogP contribution in [0.25, 0.3) is 5.69 Å². The average molecular weight is 336 g/mol. The molecule has 0 amide bonds. The largest absolute Gasteiger partial charge is 0.336 e. The van der Waals surface area contributed by atoms with E-state index in [1.54, 1.807) is 0 Å². The van der Waals surface area contributed by atoms with Gasteiger partial charge in [0.1, 0.15) is 0 Å². The summed E-state index contributed by atoms with van der Waals surface area (Å²) in [5, 5.41) is 13.3. The molecule has 5 nitrogen and oxygen atoms in total. The molecule has 1 unspecified atom stereocenters. The number of benzene rings is 1. The zero-order valence-corrected chi connectivity index (χ0v) is 12.9. The third-order valence-corrected chi connectivity index (χ3v) is 4.51. The maximum atomic E-state index is 4.26. The van der Waals surface area contributed by atoms with Crippen LogP contribution < -0.4 is 4.90 Å². The third-order valence-electron chi connectivity index (χ3n) is 3.77. The van der Waals surface area contributed by atoms with Crippen molar-refractivity contribution in [2.24, 2.45) is 0 Å². The summed E-state index contributed by atoms with van der Waals surface area (Å²) in [5.41, 5.74) is 1.00. The fraction of sp³-hybridized carbons (Fsp3) is 0.500. The molecule has 6 heteroatoms. The Bertz CT molecular complexity index is 542. The predicted octanol–water partition coefficient (Wildman–Crippen LogP) is 2.81. The summed E-state index contributed by atoms with van der Waals surface area (Å²) in [6, 6.07) is 10.5. The van der Waals surface area contributed by atoms with E-state index in [1.807, 2.05) is 35.0 Å². The number of aromatic nitrogens is 4. The Morgan fingerprint density at radius 1 is 1.15 bits per heavy atom. The summed E-state index contributed by atoms with van der Waals surface area (Å²) in [6.45, 7) is 1.02. The summed E-state index contributed by atoms with van der Waals surface area (Å²) in [4.78, 5) is 2.34. The summed E-state index contributed by atoms with van der Waals surface area (Å²) < 4.78 is 1.83.